The van der Waals surface area contributed by atoms with Crippen LogP contribution >= 0.6 is 23.2 Å². The normalized spacial score (nSPS) is 24.6. The van der Waals surface area contributed by atoms with Crippen molar-refractivity contribution in [2.45, 2.75) is 51.5 Å². The Kier molecular flexibility index (Phi) is 6.20. The van der Waals surface area contributed by atoms with E-state index in [-0.39, 0.29) is 0 Å². The van der Waals surface area contributed by atoms with Crippen molar-refractivity contribution >= 4 is 23.2 Å². The molecule has 1 N–H and O–H groups in total. The van der Waals surface area contributed by atoms with E-state index in [1.54, 1.807) is 0 Å². The van der Waals surface area contributed by atoms with Crippen LogP contribution in [0.25, 0.3) is 0 Å². The van der Waals surface area contributed by atoms with Gasteiger partial charge in [-0.05, 0) is 49.8 Å². The zero-order valence-corrected chi connectivity index (χ0v) is 14.0. The van der Waals surface area contributed by atoms with E-state index >= 15 is 0 Å². The Morgan fingerprint density at radius 1 is 1.20 bits per heavy atom. The number of rotatable bonds is 5. The van der Waals surface area contributed by atoms with Crippen LogP contribution in [0.15, 0.2) is 18.2 Å². The molecule has 1 nitrogen and oxygen atoms in total. The van der Waals surface area contributed by atoms with E-state index in [0.717, 1.165) is 28.8 Å². The topological polar surface area (TPSA) is 12.0 Å². The van der Waals surface area contributed by atoms with Gasteiger partial charge < -0.3 is 5.32 Å². The Morgan fingerprint density at radius 2 is 1.90 bits per heavy atom. The first-order chi connectivity index (χ1) is 9.65. The van der Waals surface area contributed by atoms with Gasteiger partial charge in [-0.1, -0.05) is 61.5 Å². The molecule has 1 unspecified atom stereocenters. The molecule has 0 amide bonds. The van der Waals surface area contributed by atoms with Crippen LogP contribution in [0.1, 0.15) is 44.6 Å². The Bertz CT molecular complexity index is 425. The van der Waals surface area contributed by atoms with Crippen molar-refractivity contribution in [1.29, 1.82) is 0 Å². The predicted molar refractivity (Wildman–Crippen MR) is 88.8 cm³/mol. The van der Waals surface area contributed by atoms with Crippen molar-refractivity contribution < 1.29 is 0 Å². The highest BCUT2D eigenvalue weighted by molar-refractivity contribution is 6.42. The summed E-state index contributed by atoms with van der Waals surface area (Å²) in [7, 11) is 2.06. The third kappa shape index (κ3) is 3.90. The molecule has 0 aromatic heterocycles. The van der Waals surface area contributed by atoms with Gasteiger partial charge in [0, 0.05) is 6.04 Å². The molecular formula is C17H25Cl2N. The van der Waals surface area contributed by atoms with E-state index in [2.05, 4.69) is 25.4 Å². The number of hydrogen-bond acceptors (Lipinski definition) is 1. The van der Waals surface area contributed by atoms with Gasteiger partial charge in [0.1, 0.15) is 0 Å². The highest BCUT2D eigenvalue weighted by Crippen LogP contribution is 2.34. The molecule has 1 aromatic carbocycles. The van der Waals surface area contributed by atoms with E-state index in [9.17, 15) is 0 Å². The monoisotopic (exact) mass is 313 g/mol. The molecule has 112 valence electrons. The summed E-state index contributed by atoms with van der Waals surface area (Å²) in [4.78, 5) is 0. The largest absolute Gasteiger partial charge is 0.316 e. The van der Waals surface area contributed by atoms with Gasteiger partial charge in [-0.15, -0.1) is 0 Å². The van der Waals surface area contributed by atoms with E-state index in [1.807, 2.05) is 12.1 Å². The Balaban J connectivity index is 2.00. The first-order valence-electron chi connectivity index (χ1n) is 7.75. The molecule has 2 rings (SSSR count). The van der Waals surface area contributed by atoms with Crippen molar-refractivity contribution in [2.75, 3.05) is 7.05 Å². The summed E-state index contributed by atoms with van der Waals surface area (Å²) in [6.07, 6.45) is 7.73. The zero-order chi connectivity index (χ0) is 14.5. The van der Waals surface area contributed by atoms with Crippen molar-refractivity contribution in [2.24, 2.45) is 11.8 Å². The van der Waals surface area contributed by atoms with Gasteiger partial charge in [-0.2, -0.15) is 0 Å². The average Bonchev–Trinajstić information content (AvgIpc) is 2.49. The summed E-state index contributed by atoms with van der Waals surface area (Å²) in [6.45, 7) is 2.31. The van der Waals surface area contributed by atoms with Gasteiger partial charge in [0.25, 0.3) is 0 Å². The summed E-state index contributed by atoms with van der Waals surface area (Å²) in [5.74, 6) is 1.70. The quantitative estimate of drug-likeness (QED) is 0.773. The summed E-state index contributed by atoms with van der Waals surface area (Å²) in [5.41, 5.74) is 1.16. The second-order valence-electron chi connectivity index (χ2n) is 6.00. The predicted octanol–water partition coefficient (Wildman–Crippen LogP) is 5.34. The van der Waals surface area contributed by atoms with Crippen LogP contribution in [0.3, 0.4) is 0 Å². The standard InChI is InChI=1S/C17H25Cl2N/c1-3-12-7-9-13(10-8-12)16(20-2)11-14-5-4-6-15(18)17(14)19/h4-6,12-13,16,20H,3,7-11H2,1-2H3. The van der Waals surface area contributed by atoms with Crippen LogP contribution < -0.4 is 5.32 Å². The summed E-state index contributed by atoms with van der Waals surface area (Å²) in [5, 5.41) is 4.88. The molecule has 1 fully saturated rings. The molecule has 1 aliphatic carbocycles. The van der Waals surface area contributed by atoms with Crippen molar-refractivity contribution in [3.05, 3.63) is 33.8 Å². The van der Waals surface area contributed by atoms with Crippen molar-refractivity contribution in [3.63, 3.8) is 0 Å². The van der Waals surface area contributed by atoms with Gasteiger partial charge in [-0.25, -0.2) is 0 Å². The van der Waals surface area contributed by atoms with E-state index in [4.69, 9.17) is 23.2 Å². The maximum absolute atomic E-state index is 6.32. The minimum absolute atomic E-state index is 0.503. The molecule has 1 aliphatic rings. The second kappa shape index (κ2) is 7.68. The fraction of sp³-hybridized carbons (Fsp3) is 0.647. The minimum Gasteiger partial charge on any atom is -0.316 e. The van der Waals surface area contributed by atoms with Gasteiger partial charge >= 0.3 is 0 Å². The fourth-order valence-corrected chi connectivity index (χ4v) is 3.84. The van der Waals surface area contributed by atoms with Gasteiger partial charge in [-0.3, -0.25) is 0 Å². The lowest BCUT2D eigenvalue weighted by molar-refractivity contribution is 0.222. The third-order valence-corrected chi connectivity index (χ3v) is 5.74. The molecule has 0 aliphatic heterocycles. The smallest absolute Gasteiger partial charge is 0.0624 e. The molecule has 3 heteroatoms. The average molecular weight is 314 g/mol. The first-order valence-corrected chi connectivity index (χ1v) is 8.51. The highest BCUT2D eigenvalue weighted by atomic mass is 35.5. The van der Waals surface area contributed by atoms with Crippen molar-refractivity contribution in [1.82, 2.24) is 5.32 Å². The summed E-state index contributed by atoms with van der Waals surface area (Å²) >= 11 is 12.4. The van der Waals surface area contributed by atoms with Crippen molar-refractivity contribution in [3.8, 4) is 0 Å². The molecule has 20 heavy (non-hydrogen) atoms. The second-order valence-corrected chi connectivity index (χ2v) is 6.79. The number of nitrogens with one attached hydrogen (secondary N) is 1. The summed E-state index contributed by atoms with van der Waals surface area (Å²) in [6, 6.07) is 6.44. The Labute approximate surface area is 133 Å². The van der Waals surface area contributed by atoms with Crippen LogP contribution in [0.4, 0.5) is 0 Å². The van der Waals surface area contributed by atoms with Crippen LogP contribution in [0, 0.1) is 11.8 Å². The molecule has 0 bridgehead atoms. The zero-order valence-electron chi connectivity index (χ0n) is 12.5. The number of halogens is 2. The molecule has 1 aromatic rings. The number of benzene rings is 1. The van der Waals surface area contributed by atoms with Gasteiger partial charge in [0.2, 0.25) is 0 Å². The highest BCUT2D eigenvalue weighted by Gasteiger charge is 2.26. The first kappa shape index (κ1) is 16.1. The lowest BCUT2D eigenvalue weighted by Crippen LogP contribution is -2.37. The SMILES string of the molecule is CCC1CCC(C(Cc2cccc(Cl)c2Cl)NC)CC1. The lowest BCUT2D eigenvalue weighted by atomic mass is 9.76. The number of likely N-dealkylation sites (N-methyl/N-ethyl adjacent to an activating group) is 1. The van der Waals surface area contributed by atoms with Gasteiger partial charge in [0.15, 0.2) is 0 Å². The molecular weight excluding hydrogens is 289 g/mol. The van der Waals surface area contributed by atoms with Crippen LogP contribution in [-0.4, -0.2) is 13.1 Å². The molecule has 0 spiro atoms. The summed E-state index contributed by atoms with van der Waals surface area (Å²) < 4.78 is 0. The Morgan fingerprint density at radius 3 is 2.50 bits per heavy atom. The van der Waals surface area contributed by atoms with Crippen LogP contribution in [-0.2, 0) is 6.42 Å². The molecule has 0 saturated heterocycles. The lowest BCUT2D eigenvalue weighted by Gasteiger charge is -2.33. The minimum atomic E-state index is 0.503. The maximum Gasteiger partial charge on any atom is 0.0624 e. The third-order valence-electron chi connectivity index (χ3n) is 4.88. The van der Waals surface area contributed by atoms with E-state index in [1.165, 1.54) is 32.1 Å². The van der Waals surface area contributed by atoms with Gasteiger partial charge in [0.05, 0.1) is 10.0 Å². The van der Waals surface area contributed by atoms with E-state index in [0.29, 0.717) is 11.1 Å². The molecule has 1 saturated carbocycles. The Hall–Kier alpha value is -0.240. The van der Waals surface area contributed by atoms with Crippen LogP contribution in [0.2, 0.25) is 10.0 Å². The van der Waals surface area contributed by atoms with Crippen LogP contribution in [0.5, 0.6) is 0 Å². The fourth-order valence-electron chi connectivity index (χ4n) is 3.45. The number of hydrogen-bond donors (Lipinski definition) is 1. The molecule has 1 atom stereocenters. The van der Waals surface area contributed by atoms with E-state index < -0.39 is 0 Å². The maximum atomic E-state index is 6.32. The molecule has 0 heterocycles. The molecule has 0 radical (unpaired) electrons.